The molecule has 0 aromatic heterocycles. The van der Waals surface area contributed by atoms with Gasteiger partial charge in [-0.15, -0.1) is 0 Å². The first kappa shape index (κ1) is 15.3. The summed E-state index contributed by atoms with van der Waals surface area (Å²) in [4.78, 5) is 12.2. The average Bonchev–Trinajstić information content (AvgIpc) is 3.00. The first-order chi connectivity index (χ1) is 10.2. The van der Waals surface area contributed by atoms with Crippen molar-refractivity contribution in [3.05, 3.63) is 35.4 Å². The molecule has 6 heteroatoms. The fraction of sp³-hybridized carbons (Fsp3) is 0.467. The van der Waals surface area contributed by atoms with E-state index in [9.17, 15) is 4.79 Å². The Morgan fingerprint density at radius 1 is 1.57 bits per heavy atom. The molecule has 0 saturated carbocycles. The van der Waals surface area contributed by atoms with Gasteiger partial charge in [0.2, 0.25) is 5.91 Å². The lowest BCUT2D eigenvalue weighted by molar-refractivity contribution is -0.126. The minimum Gasteiger partial charge on any atom is -0.409 e. The molecule has 1 heterocycles. The fourth-order valence-corrected chi connectivity index (χ4v) is 2.57. The van der Waals surface area contributed by atoms with Crippen molar-refractivity contribution in [2.24, 2.45) is 16.8 Å². The molecule has 0 spiro atoms. The standard InChI is InChI=1S/C15H21N3O3/c1-2-13-12(6-7-21-13)15(19)17-9-10-4-3-5-11(8-10)14(16)18-20/h3-5,8,12-13,20H,2,6-7,9H2,1H3,(H2,16,18)(H,17,19). The van der Waals surface area contributed by atoms with Crippen LogP contribution in [0.4, 0.5) is 0 Å². The topological polar surface area (TPSA) is 96.9 Å². The van der Waals surface area contributed by atoms with Crippen molar-refractivity contribution in [1.29, 1.82) is 0 Å². The minimum atomic E-state index is -0.0674. The molecule has 2 unspecified atom stereocenters. The Kier molecular flexibility index (Phi) is 5.16. The Labute approximate surface area is 124 Å². The van der Waals surface area contributed by atoms with Crippen molar-refractivity contribution < 1.29 is 14.7 Å². The summed E-state index contributed by atoms with van der Waals surface area (Å²) < 4.78 is 5.53. The number of carbonyl (C=O) groups excluding carboxylic acids is 1. The minimum absolute atomic E-state index is 0.0218. The summed E-state index contributed by atoms with van der Waals surface area (Å²) in [5, 5.41) is 14.6. The number of amides is 1. The van der Waals surface area contributed by atoms with Crippen LogP contribution >= 0.6 is 0 Å². The van der Waals surface area contributed by atoms with Gasteiger partial charge in [0.25, 0.3) is 0 Å². The molecular formula is C15H21N3O3. The molecule has 2 atom stereocenters. The monoisotopic (exact) mass is 291 g/mol. The van der Waals surface area contributed by atoms with Gasteiger partial charge in [-0.1, -0.05) is 30.3 Å². The normalized spacial score (nSPS) is 22.2. The van der Waals surface area contributed by atoms with Gasteiger partial charge < -0.3 is 21.0 Å². The van der Waals surface area contributed by atoms with Gasteiger partial charge in [-0.3, -0.25) is 4.79 Å². The third-order valence-corrected chi connectivity index (χ3v) is 3.75. The molecule has 1 amide bonds. The van der Waals surface area contributed by atoms with Crippen LogP contribution in [0.15, 0.2) is 29.4 Å². The molecular weight excluding hydrogens is 270 g/mol. The van der Waals surface area contributed by atoms with Crippen LogP contribution in [0.5, 0.6) is 0 Å². The molecule has 2 rings (SSSR count). The summed E-state index contributed by atoms with van der Waals surface area (Å²) in [7, 11) is 0. The highest BCUT2D eigenvalue weighted by molar-refractivity contribution is 5.97. The van der Waals surface area contributed by atoms with E-state index in [0.717, 1.165) is 18.4 Å². The van der Waals surface area contributed by atoms with E-state index >= 15 is 0 Å². The third-order valence-electron chi connectivity index (χ3n) is 3.75. The first-order valence-electron chi connectivity index (χ1n) is 7.11. The molecule has 1 fully saturated rings. The Balaban J connectivity index is 1.95. The number of nitrogens with one attached hydrogen (secondary N) is 1. The molecule has 1 aromatic rings. The van der Waals surface area contributed by atoms with Gasteiger partial charge in [-0.25, -0.2) is 0 Å². The molecule has 0 radical (unpaired) electrons. The third kappa shape index (κ3) is 3.72. The van der Waals surface area contributed by atoms with Crippen LogP contribution in [-0.4, -0.2) is 29.7 Å². The highest BCUT2D eigenvalue weighted by Crippen LogP contribution is 2.23. The molecule has 1 saturated heterocycles. The van der Waals surface area contributed by atoms with Crippen molar-refractivity contribution in [2.75, 3.05) is 6.61 Å². The number of nitrogens with two attached hydrogens (primary N) is 1. The zero-order chi connectivity index (χ0) is 15.2. The lowest BCUT2D eigenvalue weighted by Gasteiger charge is -2.16. The van der Waals surface area contributed by atoms with E-state index in [-0.39, 0.29) is 23.8 Å². The van der Waals surface area contributed by atoms with Crippen LogP contribution in [-0.2, 0) is 16.1 Å². The number of oxime groups is 1. The number of nitrogens with zero attached hydrogens (tertiary/aromatic N) is 1. The first-order valence-corrected chi connectivity index (χ1v) is 7.11. The van der Waals surface area contributed by atoms with Crippen LogP contribution in [0.2, 0.25) is 0 Å². The molecule has 6 nitrogen and oxygen atoms in total. The van der Waals surface area contributed by atoms with Crippen molar-refractivity contribution in [1.82, 2.24) is 5.32 Å². The summed E-state index contributed by atoms with van der Waals surface area (Å²) in [5.41, 5.74) is 7.08. The second-order valence-corrected chi connectivity index (χ2v) is 5.12. The summed E-state index contributed by atoms with van der Waals surface area (Å²) in [6.07, 6.45) is 1.64. The average molecular weight is 291 g/mol. The number of hydrogen-bond acceptors (Lipinski definition) is 4. The van der Waals surface area contributed by atoms with Gasteiger partial charge in [0, 0.05) is 18.7 Å². The van der Waals surface area contributed by atoms with E-state index in [1.165, 1.54) is 0 Å². The van der Waals surface area contributed by atoms with Crippen molar-refractivity contribution in [3.63, 3.8) is 0 Å². The zero-order valence-electron chi connectivity index (χ0n) is 12.1. The van der Waals surface area contributed by atoms with Crippen molar-refractivity contribution >= 4 is 11.7 Å². The van der Waals surface area contributed by atoms with E-state index in [0.29, 0.717) is 18.7 Å². The largest absolute Gasteiger partial charge is 0.409 e. The lowest BCUT2D eigenvalue weighted by Crippen LogP contribution is -2.34. The molecule has 114 valence electrons. The Morgan fingerprint density at radius 2 is 2.38 bits per heavy atom. The predicted molar refractivity (Wildman–Crippen MR) is 78.9 cm³/mol. The fourth-order valence-electron chi connectivity index (χ4n) is 2.57. The van der Waals surface area contributed by atoms with E-state index < -0.39 is 0 Å². The Bertz CT molecular complexity index is 531. The van der Waals surface area contributed by atoms with Gasteiger partial charge in [0.05, 0.1) is 12.0 Å². The SMILES string of the molecule is CCC1OCCC1C(=O)NCc1cccc(/C(N)=N/O)c1. The van der Waals surface area contributed by atoms with Gasteiger partial charge in [-0.2, -0.15) is 0 Å². The van der Waals surface area contributed by atoms with Crippen LogP contribution in [0, 0.1) is 5.92 Å². The van der Waals surface area contributed by atoms with E-state index in [4.69, 9.17) is 15.7 Å². The second-order valence-electron chi connectivity index (χ2n) is 5.12. The molecule has 21 heavy (non-hydrogen) atoms. The van der Waals surface area contributed by atoms with Gasteiger partial charge in [0.1, 0.15) is 0 Å². The van der Waals surface area contributed by atoms with Gasteiger partial charge in [0.15, 0.2) is 5.84 Å². The van der Waals surface area contributed by atoms with Gasteiger partial charge >= 0.3 is 0 Å². The molecule has 0 aliphatic carbocycles. The molecule has 1 aliphatic heterocycles. The van der Waals surface area contributed by atoms with E-state index in [2.05, 4.69) is 10.5 Å². The Hall–Kier alpha value is -2.08. The maximum Gasteiger partial charge on any atom is 0.226 e. The molecule has 1 aliphatic rings. The number of benzene rings is 1. The summed E-state index contributed by atoms with van der Waals surface area (Å²) in [6.45, 7) is 3.09. The predicted octanol–water partition coefficient (Wildman–Crippen LogP) is 1.21. The summed E-state index contributed by atoms with van der Waals surface area (Å²) in [5.74, 6) is 0.00854. The molecule has 0 bridgehead atoms. The highest BCUT2D eigenvalue weighted by Gasteiger charge is 2.32. The number of hydrogen-bond donors (Lipinski definition) is 3. The van der Waals surface area contributed by atoms with Crippen LogP contribution in [0.25, 0.3) is 0 Å². The zero-order valence-corrected chi connectivity index (χ0v) is 12.1. The van der Waals surface area contributed by atoms with Crippen LogP contribution in [0.3, 0.4) is 0 Å². The lowest BCUT2D eigenvalue weighted by atomic mass is 9.98. The maximum atomic E-state index is 12.2. The van der Waals surface area contributed by atoms with Crippen molar-refractivity contribution in [3.8, 4) is 0 Å². The second kappa shape index (κ2) is 7.08. The van der Waals surface area contributed by atoms with Gasteiger partial charge in [-0.05, 0) is 24.5 Å². The smallest absolute Gasteiger partial charge is 0.226 e. The van der Waals surface area contributed by atoms with E-state index in [1.54, 1.807) is 12.1 Å². The molecule has 1 aromatic carbocycles. The number of rotatable bonds is 5. The highest BCUT2D eigenvalue weighted by atomic mass is 16.5. The maximum absolute atomic E-state index is 12.2. The number of amidine groups is 1. The van der Waals surface area contributed by atoms with E-state index in [1.807, 2.05) is 19.1 Å². The van der Waals surface area contributed by atoms with Crippen molar-refractivity contribution in [2.45, 2.75) is 32.4 Å². The molecule has 4 N–H and O–H groups in total. The van der Waals surface area contributed by atoms with Crippen LogP contribution in [0.1, 0.15) is 30.9 Å². The quantitative estimate of drug-likeness (QED) is 0.329. The summed E-state index contributed by atoms with van der Waals surface area (Å²) in [6, 6.07) is 7.23. The Morgan fingerprint density at radius 3 is 3.10 bits per heavy atom. The number of ether oxygens (including phenoxy) is 1. The number of carbonyl (C=O) groups is 1. The summed E-state index contributed by atoms with van der Waals surface area (Å²) >= 11 is 0. The van der Waals surface area contributed by atoms with Crippen LogP contribution < -0.4 is 11.1 Å².